The molecule has 0 aliphatic heterocycles. The van der Waals surface area contributed by atoms with Crippen LogP contribution in [0.2, 0.25) is 12.6 Å². The second kappa shape index (κ2) is 17.3. The molecule has 0 unspecified atom stereocenters. The van der Waals surface area contributed by atoms with Gasteiger partial charge in [-0.05, 0) is 53.6 Å². The van der Waals surface area contributed by atoms with E-state index in [-0.39, 0.29) is 5.97 Å². The highest BCUT2D eigenvalue weighted by atomic mass is 28.4. The molecule has 0 heterocycles. The van der Waals surface area contributed by atoms with Crippen molar-refractivity contribution in [3.05, 3.63) is 12.2 Å². The molecule has 0 aromatic heterocycles. The van der Waals surface area contributed by atoms with Crippen LogP contribution in [0.1, 0.15) is 41.0 Å². The molecule has 0 amide bonds. The van der Waals surface area contributed by atoms with Crippen LogP contribution in [0, 0.1) is 0 Å². The first-order chi connectivity index (χ1) is 13.2. The Morgan fingerprint density at radius 1 is 0.857 bits per heavy atom. The maximum absolute atomic E-state index is 11.0. The number of ether oxygens (including phenoxy) is 1. The van der Waals surface area contributed by atoms with Gasteiger partial charge in [-0.15, -0.1) is 0 Å². The SMILES string of the molecule is C=C(C)C(=O)OCCC[Si](C)(OC)OC.CCO[Si](OCC)(OCC)OCC. The summed E-state index contributed by atoms with van der Waals surface area (Å²) in [5.41, 5.74) is 0.425. The van der Waals surface area contributed by atoms with E-state index in [1.54, 1.807) is 21.1 Å². The van der Waals surface area contributed by atoms with Crippen LogP contribution in [0.25, 0.3) is 0 Å². The summed E-state index contributed by atoms with van der Waals surface area (Å²) < 4.78 is 37.3. The lowest BCUT2D eigenvalue weighted by Gasteiger charge is -2.26. The molecule has 168 valence electrons. The molecule has 8 nitrogen and oxygen atoms in total. The Labute approximate surface area is 173 Å². The van der Waals surface area contributed by atoms with Crippen LogP contribution in [-0.4, -0.2) is 70.8 Å². The fourth-order valence-corrected chi connectivity index (χ4v) is 5.20. The molecule has 0 aliphatic rings. The summed E-state index contributed by atoms with van der Waals surface area (Å²) in [4.78, 5) is 11.0. The molecule has 0 atom stereocenters. The topological polar surface area (TPSA) is 81.7 Å². The summed E-state index contributed by atoms with van der Waals surface area (Å²) in [6.45, 7) is 17.3. The molecule has 0 spiro atoms. The van der Waals surface area contributed by atoms with E-state index in [0.29, 0.717) is 38.6 Å². The molecule has 0 aliphatic carbocycles. The van der Waals surface area contributed by atoms with Gasteiger partial charge in [0.2, 0.25) is 0 Å². The van der Waals surface area contributed by atoms with E-state index in [4.69, 9.17) is 31.3 Å². The molecule has 0 aromatic rings. The third-order valence-corrected chi connectivity index (χ3v) is 9.06. The maximum atomic E-state index is 11.0. The Balaban J connectivity index is 0. The van der Waals surface area contributed by atoms with Gasteiger partial charge in [0.25, 0.3) is 0 Å². The smallest absolute Gasteiger partial charge is 0.462 e. The zero-order valence-electron chi connectivity index (χ0n) is 18.9. The monoisotopic (exact) mass is 440 g/mol. The lowest BCUT2D eigenvalue weighted by atomic mass is 10.4. The zero-order valence-corrected chi connectivity index (χ0v) is 20.9. The van der Waals surface area contributed by atoms with E-state index in [2.05, 4.69) is 6.58 Å². The Morgan fingerprint density at radius 3 is 1.54 bits per heavy atom. The molecular formula is C18H40O8Si2. The van der Waals surface area contributed by atoms with Crippen molar-refractivity contribution in [2.45, 2.75) is 53.6 Å². The first-order valence-corrected chi connectivity index (χ1v) is 13.8. The number of hydrogen-bond acceptors (Lipinski definition) is 8. The van der Waals surface area contributed by atoms with Gasteiger partial charge in [-0.25, -0.2) is 4.79 Å². The first kappa shape index (κ1) is 29.6. The average Bonchev–Trinajstić information content (AvgIpc) is 2.66. The van der Waals surface area contributed by atoms with Gasteiger partial charge >= 0.3 is 23.6 Å². The molecule has 0 N–H and O–H groups in total. The summed E-state index contributed by atoms with van der Waals surface area (Å²) in [6.07, 6.45) is 0.753. The van der Waals surface area contributed by atoms with E-state index in [1.807, 2.05) is 34.2 Å². The second-order valence-electron chi connectivity index (χ2n) is 5.79. The maximum Gasteiger partial charge on any atom is 0.679 e. The lowest BCUT2D eigenvalue weighted by Crippen LogP contribution is -2.49. The Morgan fingerprint density at radius 2 is 1.25 bits per heavy atom. The van der Waals surface area contributed by atoms with Crippen molar-refractivity contribution < 1.29 is 36.1 Å². The molecule has 28 heavy (non-hydrogen) atoms. The van der Waals surface area contributed by atoms with Gasteiger partial charge in [-0.1, -0.05) is 6.58 Å². The summed E-state index contributed by atoms with van der Waals surface area (Å²) in [7, 11) is -1.51. The average molecular weight is 441 g/mol. The number of carbonyl (C=O) groups is 1. The van der Waals surface area contributed by atoms with E-state index in [0.717, 1.165) is 12.5 Å². The van der Waals surface area contributed by atoms with Gasteiger partial charge in [-0.2, -0.15) is 0 Å². The van der Waals surface area contributed by atoms with Crippen LogP contribution in [0.3, 0.4) is 0 Å². The number of esters is 1. The molecule has 10 heteroatoms. The Hall–Kier alpha value is -0.596. The van der Waals surface area contributed by atoms with Crippen molar-refractivity contribution in [3.63, 3.8) is 0 Å². The van der Waals surface area contributed by atoms with Crippen molar-refractivity contribution >= 4 is 23.6 Å². The van der Waals surface area contributed by atoms with Crippen molar-refractivity contribution in [3.8, 4) is 0 Å². The van der Waals surface area contributed by atoms with Crippen LogP contribution in [0.4, 0.5) is 0 Å². The predicted octanol–water partition coefficient (Wildman–Crippen LogP) is 3.43. The van der Waals surface area contributed by atoms with Gasteiger partial charge < -0.3 is 31.3 Å². The highest BCUT2D eigenvalue weighted by molar-refractivity contribution is 6.65. The van der Waals surface area contributed by atoms with Crippen LogP contribution < -0.4 is 0 Å². The summed E-state index contributed by atoms with van der Waals surface area (Å²) in [5, 5.41) is 0. The molecular weight excluding hydrogens is 400 g/mol. The molecule has 0 radical (unpaired) electrons. The normalized spacial score (nSPS) is 11.6. The first-order valence-electron chi connectivity index (χ1n) is 9.68. The quantitative estimate of drug-likeness (QED) is 0.166. The van der Waals surface area contributed by atoms with Crippen LogP contribution in [0.15, 0.2) is 12.2 Å². The molecule has 0 bridgehead atoms. The largest absolute Gasteiger partial charge is 0.679 e. The van der Waals surface area contributed by atoms with Crippen LogP contribution in [0.5, 0.6) is 0 Å². The van der Waals surface area contributed by atoms with Gasteiger partial charge in [0.15, 0.2) is 0 Å². The number of rotatable bonds is 15. The highest BCUT2D eigenvalue weighted by Crippen LogP contribution is 2.13. The fourth-order valence-electron chi connectivity index (χ4n) is 1.93. The third-order valence-electron chi connectivity index (χ3n) is 3.50. The van der Waals surface area contributed by atoms with Gasteiger partial charge in [0.05, 0.1) is 6.61 Å². The standard InChI is InChI=1S/C10H20O4Si.C8H20O4Si/c1-9(2)10(11)14-7-6-8-15(5,12-3)13-4;1-5-9-13(10-6-2,11-7-3)12-8-4/h1,6-8H2,2-5H3;5-8H2,1-4H3. The highest BCUT2D eigenvalue weighted by Gasteiger charge is 2.44. The number of hydrogen-bond donors (Lipinski definition) is 0. The number of carbonyl (C=O) groups excluding carboxylic acids is 1. The molecule has 0 aromatic carbocycles. The van der Waals surface area contributed by atoms with Crippen molar-refractivity contribution in [1.82, 2.24) is 0 Å². The Bertz CT molecular complexity index is 387. The molecule has 0 fully saturated rings. The zero-order chi connectivity index (χ0) is 22.1. The molecule has 0 saturated heterocycles. The predicted molar refractivity (Wildman–Crippen MR) is 113 cm³/mol. The van der Waals surface area contributed by atoms with E-state index >= 15 is 0 Å². The van der Waals surface area contributed by atoms with Crippen molar-refractivity contribution in [2.75, 3.05) is 47.3 Å². The van der Waals surface area contributed by atoms with E-state index < -0.39 is 17.6 Å². The van der Waals surface area contributed by atoms with Gasteiger partial charge in [0, 0.05) is 46.2 Å². The fraction of sp³-hybridized carbons (Fsp3) is 0.833. The summed E-state index contributed by atoms with van der Waals surface area (Å²) in [6, 6.07) is 0.809. The molecule has 0 saturated carbocycles. The second-order valence-corrected chi connectivity index (χ2v) is 11.5. The lowest BCUT2D eigenvalue weighted by molar-refractivity contribution is -0.138. The summed E-state index contributed by atoms with van der Waals surface area (Å²) >= 11 is 0. The van der Waals surface area contributed by atoms with Gasteiger partial charge in [-0.3, -0.25) is 0 Å². The molecule has 0 rings (SSSR count). The van der Waals surface area contributed by atoms with Crippen molar-refractivity contribution in [2.24, 2.45) is 0 Å². The Kier molecular flexibility index (Phi) is 18.3. The van der Waals surface area contributed by atoms with Crippen molar-refractivity contribution in [1.29, 1.82) is 0 Å². The van der Waals surface area contributed by atoms with E-state index in [9.17, 15) is 4.79 Å². The van der Waals surface area contributed by atoms with Gasteiger partial charge in [0.1, 0.15) is 0 Å². The van der Waals surface area contributed by atoms with Crippen LogP contribution >= 0.6 is 0 Å². The van der Waals surface area contributed by atoms with Crippen LogP contribution in [-0.2, 0) is 36.1 Å². The van der Waals surface area contributed by atoms with E-state index in [1.165, 1.54) is 0 Å². The third kappa shape index (κ3) is 13.6. The minimum absolute atomic E-state index is 0.340. The summed E-state index contributed by atoms with van der Waals surface area (Å²) in [5.74, 6) is -0.340. The minimum atomic E-state index is -2.80. The minimum Gasteiger partial charge on any atom is -0.462 e.